The third kappa shape index (κ3) is 4.00. The monoisotopic (exact) mass is 390 g/mol. The van der Waals surface area contributed by atoms with E-state index in [4.69, 9.17) is 0 Å². The standard InChI is InChI=1S/C19H22N2O3S2/c22-19(18-11-14-3-1-2-4-17(14)25-18)21-15-7-9-16(10-8-15)26(23,24)20-12-13-5-6-13/h7-11,13,20H,1-6,12H2,(H,21,22). The van der Waals surface area contributed by atoms with E-state index >= 15 is 0 Å². The zero-order valence-electron chi connectivity index (χ0n) is 14.5. The average Bonchev–Trinajstić information content (AvgIpc) is 3.37. The lowest BCUT2D eigenvalue weighted by Crippen LogP contribution is -2.25. The molecule has 7 heteroatoms. The van der Waals surface area contributed by atoms with E-state index in [0.29, 0.717) is 18.2 Å². The fourth-order valence-electron chi connectivity index (χ4n) is 3.15. The normalized spacial score (nSPS) is 16.9. The van der Waals surface area contributed by atoms with Gasteiger partial charge in [-0.25, -0.2) is 13.1 Å². The second-order valence-electron chi connectivity index (χ2n) is 7.04. The highest BCUT2D eigenvalue weighted by atomic mass is 32.2. The molecule has 0 bridgehead atoms. The summed E-state index contributed by atoms with van der Waals surface area (Å²) in [6.07, 6.45) is 6.70. The van der Waals surface area contributed by atoms with E-state index in [1.54, 1.807) is 23.5 Å². The fraction of sp³-hybridized carbons (Fsp3) is 0.421. The van der Waals surface area contributed by atoms with Crippen LogP contribution in [0.4, 0.5) is 5.69 Å². The van der Waals surface area contributed by atoms with E-state index in [-0.39, 0.29) is 10.8 Å². The molecule has 0 atom stereocenters. The largest absolute Gasteiger partial charge is 0.321 e. The third-order valence-corrected chi connectivity index (χ3v) is 7.58. The molecule has 0 aliphatic heterocycles. The van der Waals surface area contributed by atoms with Gasteiger partial charge in [-0.2, -0.15) is 0 Å². The number of amides is 1. The second kappa shape index (κ2) is 7.13. The molecular weight excluding hydrogens is 368 g/mol. The number of aryl methyl sites for hydroxylation is 2. The molecule has 2 aliphatic carbocycles. The molecule has 5 nitrogen and oxygen atoms in total. The van der Waals surface area contributed by atoms with Crippen LogP contribution in [0.1, 0.15) is 45.8 Å². The van der Waals surface area contributed by atoms with Crippen LogP contribution < -0.4 is 10.0 Å². The van der Waals surface area contributed by atoms with Gasteiger partial charge in [-0.15, -0.1) is 11.3 Å². The smallest absolute Gasteiger partial charge is 0.265 e. The van der Waals surface area contributed by atoms with Gasteiger partial charge in [0.1, 0.15) is 0 Å². The molecule has 2 aliphatic rings. The molecule has 1 saturated carbocycles. The lowest BCUT2D eigenvalue weighted by molar-refractivity contribution is 0.103. The van der Waals surface area contributed by atoms with E-state index in [1.807, 2.05) is 6.07 Å². The summed E-state index contributed by atoms with van der Waals surface area (Å²) in [6, 6.07) is 8.33. The van der Waals surface area contributed by atoms with E-state index in [1.165, 1.54) is 35.4 Å². The number of nitrogens with one attached hydrogen (secondary N) is 2. The fourth-order valence-corrected chi connectivity index (χ4v) is 5.41. The molecule has 1 heterocycles. The van der Waals surface area contributed by atoms with Gasteiger partial charge in [-0.05, 0) is 80.3 Å². The molecule has 0 unspecified atom stereocenters. The van der Waals surface area contributed by atoms with Crippen molar-refractivity contribution < 1.29 is 13.2 Å². The molecule has 0 saturated heterocycles. The van der Waals surface area contributed by atoms with Crippen LogP contribution in [0.3, 0.4) is 0 Å². The second-order valence-corrected chi connectivity index (χ2v) is 9.94. The van der Waals surface area contributed by atoms with Crippen molar-refractivity contribution in [2.45, 2.75) is 43.4 Å². The van der Waals surface area contributed by atoms with E-state index in [9.17, 15) is 13.2 Å². The summed E-state index contributed by atoms with van der Waals surface area (Å²) in [5, 5.41) is 2.86. The summed E-state index contributed by atoms with van der Waals surface area (Å²) in [5.74, 6) is 0.354. The first kappa shape index (κ1) is 17.7. The van der Waals surface area contributed by atoms with Gasteiger partial charge >= 0.3 is 0 Å². The highest BCUT2D eigenvalue weighted by Gasteiger charge is 2.24. The van der Waals surface area contributed by atoms with Gasteiger partial charge < -0.3 is 5.32 Å². The zero-order valence-corrected chi connectivity index (χ0v) is 16.1. The van der Waals surface area contributed by atoms with Crippen LogP contribution in [0, 0.1) is 5.92 Å². The Kier molecular flexibility index (Phi) is 4.86. The predicted octanol–water partition coefficient (Wildman–Crippen LogP) is 3.57. The van der Waals surface area contributed by atoms with Gasteiger partial charge in [-0.1, -0.05) is 0 Å². The van der Waals surface area contributed by atoms with Gasteiger partial charge in [0.2, 0.25) is 10.0 Å². The molecule has 1 fully saturated rings. The molecule has 1 aromatic heterocycles. The Morgan fingerprint density at radius 3 is 2.54 bits per heavy atom. The van der Waals surface area contributed by atoms with E-state index in [2.05, 4.69) is 10.0 Å². The zero-order chi connectivity index (χ0) is 18.1. The van der Waals surface area contributed by atoms with Crippen LogP contribution in [-0.2, 0) is 22.9 Å². The van der Waals surface area contributed by atoms with Crippen molar-refractivity contribution in [1.82, 2.24) is 4.72 Å². The molecule has 2 N–H and O–H groups in total. The predicted molar refractivity (Wildman–Crippen MR) is 103 cm³/mol. The van der Waals surface area contributed by atoms with Crippen molar-refractivity contribution in [3.63, 3.8) is 0 Å². The molecular formula is C19H22N2O3S2. The molecule has 26 heavy (non-hydrogen) atoms. The Hall–Kier alpha value is -1.70. The summed E-state index contributed by atoms with van der Waals surface area (Å²) in [6.45, 7) is 0.504. The van der Waals surface area contributed by atoms with Crippen molar-refractivity contribution in [2.24, 2.45) is 5.92 Å². The summed E-state index contributed by atoms with van der Waals surface area (Å²) >= 11 is 1.57. The van der Waals surface area contributed by atoms with Gasteiger partial charge in [0.15, 0.2) is 0 Å². The quantitative estimate of drug-likeness (QED) is 0.792. The summed E-state index contributed by atoms with van der Waals surface area (Å²) in [5.41, 5.74) is 1.90. The van der Waals surface area contributed by atoms with Crippen molar-refractivity contribution in [1.29, 1.82) is 0 Å². The van der Waals surface area contributed by atoms with Crippen LogP contribution in [0.15, 0.2) is 35.2 Å². The molecule has 1 amide bonds. The molecule has 1 aromatic carbocycles. The number of thiophene rings is 1. The summed E-state index contributed by atoms with van der Waals surface area (Å²) in [4.78, 5) is 14.7. The Balaban J connectivity index is 1.41. The van der Waals surface area contributed by atoms with Crippen LogP contribution in [-0.4, -0.2) is 20.9 Å². The van der Waals surface area contributed by atoms with Crippen molar-refractivity contribution in [2.75, 3.05) is 11.9 Å². The molecule has 4 rings (SSSR count). The van der Waals surface area contributed by atoms with Gasteiger partial charge in [0.05, 0.1) is 9.77 Å². The summed E-state index contributed by atoms with van der Waals surface area (Å²) in [7, 11) is -3.48. The number of fused-ring (bicyclic) bond motifs is 1. The Labute approximate surface area is 157 Å². The minimum Gasteiger partial charge on any atom is -0.321 e. The first-order chi connectivity index (χ1) is 12.5. The maximum absolute atomic E-state index is 12.5. The first-order valence-corrected chi connectivity index (χ1v) is 11.3. The molecule has 0 radical (unpaired) electrons. The summed E-state index contributed by atoms with van der Waals surface area (Å²) < 4.78 is 27.1. The Morgan fingerprint density at radius 2 is 1.85 bits per heavy atom. The molecule has 0 spiro atoms. The topological polar surface area (TPSA) is 75.3 Å². The van der Waals surface area contributed by atoms with Crippen LogP contribution in [0.5, 0.6) is 0 Å². The van der Waals surface area contributed by atoms with Gasteiger partial charge in [-0.3, -0.25) is 4.79 Å². The van der Waals surface area contributed by atoms with Gasteiger partial charge in [0.25, 0.3) is 5.91 Å². The van der Waals surface area contributed by atoms with Gasteiger partial charge in [0, 0.05) is 17.1 Å². The number of benzene rings is 1. The highest BCUT2D eigenvalue weighted by Crippen LogP contribution is 2.30. The van der Waals surface area contributed by atoms with E-state index in [0.717, 1.165) is 30.6 Å². The Bertz CT molecular complexity index is 889. The lowest BCUT2D eigenvalue weighted by atomic mass is 9.99. The molecule has 2 aromatic rings. The van der Waals surface area contributed by atoms with Crippen molar-refractivity contribution >= 4 is 33.0 Å². The maximum atomic E-state index is 12.5. The average molecular weight is 391 g/mol. The number of hydrogen-bond acceptors (Lipinski definition) is 4. The van der Waals surface area contributed by atoms with Crippen LogP contribution in [0.2, 0.25) is 0 Å². The highest BCUT2D eigenvalue weighted by molar-refractivity contribution is 7.89. The number of carbonyl (C=O) groups excluding carboxylic acids is 1. The third-order valence-electron chi connectivity index (χ3n) is 4.90. The molecule has 138 valence electrons. The minimum atomic E-state index is -3.48. The van der Waals surface area contributed by atoms with Crippen molar-refractivity contribution in [3.05, 3.63) is 45.6 Å². The first-order valence-electron chi connectivity index (χ1n) is 9.04. The minimum absolute atomic E-state index is 0.133. The number of rotatable bonds is 6. The lowest BCUT2D eigenvalue weighted by Gasteiger charge is -2.08. The van der Waals surface area contributed by atoms with Crippen molar-refractivity contribution in [3.8, 4) is 0 Å². The number of hydrogen-bond donors (Lipinski definition) is 2. The Morgan fingerprint density at radius 1 is 1.12 bits per heavy atom. The van der Waals surface area contributed by atoms with E-state index < -0.39 is 10.0 Å². The number of carbonyl (C=O) groups is 1. The number of sulfonamides is 1. The SMILES string of the molecule is O=C(Nc1ccc(S(=O)(=O)NCC2CC2)cc1)c1cc2c(s1)CCCC2. The number of anilines is 1. The maximum Gasteiger partial charge on any atom is 0.265 e. The van der Waals surface area contributed by atoms with Crippen LogP contribution >= 0.6 is 11.3 Å². The van der Waals surface area contributed by atoms with Crippen LogP contribution in [0.25, 0.3) is 0 Å².